The Balaban J connectivity index is 1.38. The number of sulfonamides is 1. The monoisotopic (exact) mass is 494 g/mol. The lowest BCUT2D eigenvalue weighted by atomic mass is 10.1. The average molecular weight is 495 g/mol. The van der Waals surface area contributed by atoms with Crippen molar-refractivity contribution in [2.45, 2.75) is 63.8 Å². The highest BCUT2D eigenvalue weighted by molar-refractivity contribution is 7.89. The molecule has 186 valence electrons. The average Bonchev–Trinajstić information content (AvgIpc) is 3.23. The van der Waals surface area contributed by atoms with Crippen LogP contribution in [-0.2, 0) is 16.4 Å². The minimum atomic E-state index is -3.63. The number of piperidine rings is 1. The lowest BCUT2D eigenvalue weighted by Gasteiger charge is -2.32. The highest BCUT2D eigenvalue weighted by Gasteiger charge is 2.31. The predicted octanol–water partition coefficient (Wildman–Crippen LogP) is 4.41. The molecule has 2 heterocycles. The Morgan fingerprint density at radius 3 is 2.63 bits per heavy atom. The third kappa shape index (κ3) is 5.65. The van der Waals surface area contributed by atoms with E-state index in [0.29, 0.717) is 18.7 Å². The number of para-hydroxylation sites is 1. The summed E-state index contributed by atoms with van der Waals surface area (Å²) in [5.41, 5.74) is 4.29. The molecule has 4 rings (SSSR count). The minimum absolute atomic E-state index is 0.0259. The van der Waals surface area contributed by atoms with Gasteiger partial charge in [-0.25, -0.2) is 13.1 Å². The van der Waals surface area contributed by atoms with Gasteiger partial charge in [-0.05, 0) is 81.8 Å². The minimum Gasteiger partial charge on any atom is -0.352 e. The Labute approximate surface area is 208 Å². The van der Waals surface area contributed by atoms with E-state index in [1.54, 1.807) is 16.4 Å². The Bertz CT molecular complexity index is 1290. The van der Waals surface area contributed by atoms with Crippen molar-refractivity contribution >= 4 is 15.9 Å². The summed E-state index contributed by atoms with van der Waals surface area (Å²) in [4.78, 5) is 13.1. The van der Waals surface area contributed by atoms with Crippen molar-refractivity contribution in [1.82, 2.24) is 19.4 Å². The fourth-order valence-corrected chi connectivity index (χ4v) is 6.33. The molecule has 0 radical (unpaired) electrons. The number of nitrogens with zero attached hydrogens (tertiary/aromatic N) is 3. The number of carbonyl (C=O) groups excluding carboxylic acids is 1. The van der Waals surface area contributed by atoms with Gasteiger partial charge >= 0.3 is 0 Å². The number of aromatic nitrogens is 2. The van der Waals surface area contributed by atoms with E-state index in [1.807, 2.05) is 62.0 Å². The van der Waals surface area contributed by atoms with Gasteiger partial charge in [0.2, 0.25) is 10.0 Å². The fourth-order valence-electron chi connectivity index (χ4n) is 4.60. The van der Waals surface area contributed by atoms with Crippen LogP contribution in [0.2, 0.25) is 0 Å². The van der Waals surface area contributed by atoms with Gasteiger partial charge in [0.15, 0.2) is 0 Å². The zero-order valence-electron chi connectivity index (χ0n) is 20.7. The van der Waals surface area contributed by atoms with Gasteiger partial charge in [0, 0.05) is 30.9 Å². The lowest BCUT2D eigenvalue weighted by molar-refractivity contribution is 0.0952. The standard InChI is InChI=1S/C27H34N4O3S/c1-20-14-15-25(35(33,34)31-17-8-7-10-21(31)2)18-26(20)27(32)28-16-9-11-23-19-30(29-22(23)3)24-12-5-4-6-13-24/h4-6,12-15,18-19,21H,7-11,16-17H2,1-3H3,(H,28,32). The van der Waals surface area contributed by atoms with Gasteiger partial charge in [0.25, 0.3) is 5.91 Å². The summed E-state index contributed by atoms with van der Waals surface area (Å²) in [5, 5.41) is 7.56. The maximum atomic E-state index is 13.2. The van der Waals surface area contributed by atoms with Gasteiger partial charge in [0.05, 0.1) is 16.3 Å². The first kappa shape index (κ1) is 25.1. The van der Waals surface area contributed by atoms with E-state index in [2.05, 4.69) is 10.4 Å². The molecule has 3 aromatic rings. The SMILES string of the molecule is Cc1ccc(S(=O)(=O)N2CCCCC2C)cc1C(=O)NCCCc1cn(-c2ccccc2)nc1C. The lowest BCUT2D eigenvalue weighted by Crippen LogP contribution is -2.42. The first-order valence-corrected chi connectivity index (χ1v) is 13.7. The molecule has 1 atom stereocenters. The third-order valence-corrected chi connectivity index (χ3v) is 8.74. The third-order valence-electron chi connectivity index (χ3n) is 6.73. The molecule has 7 nitrogen and oxygen atoms in total. The molecule has 35 heavy (non-hydrogen) atoms. The molecule has 8 heteroatoms. The summed E-state index contributed by atoms with van der Waals surface area (Å²) in [5.74, 6) is -0.247. The van der Waals surface area contributed by atoms with Crippen LogP contribution in [0, 0.1) is 13.8 Å². The van der Waals surface area contributed by atoms with Crippen molar-refractivity contribution in [3.63, 3.8) is 0 Å². The molecule has 1 aliphatic rings. The molecular weight excluding hydrogens is 460 g/mol. The van der Waals surface area contributed by atoms with Crippen LogP contribution in [-0.4, -0.2) is 47.5 Å². The molecule has 1 amide bonds. The summed E-state index contributed by atoms with van der Waals surface area (Å²) < 4.78 is 29.9. The quantitative estimate of drug-likeness (QED) is 0.470. The molecule has 1 aromatic heterocycles. The molecule has 0 aliphatic carbocycles. The molecular formula is C27H34N4O3S. The second-order valence-corrected chi connectivity index (χ2v) is 11.2. The second-order valence-electron chi connectivity index (χ2n) is 9.32. The van der Waals surface area contributed by atoms with E-state index in [1.165, 1.54) is 6.07 Å². The first-order valence-electron chi connectivity index (χ1n) is 12.3. The van der Waals surface area contributed by atoms with Crippen LogP contribution in [0.15, 0.2) is 59.6 Å². The van der Waals surface area contributed by atoms with Gasteiger partial charge in [-0.2, -0.15) is 9.40 Å². The zero-order chi connectivity index (χ0) is 25.0. The summed E-state index contributed by atoms with van der Waals surface area (Å²) in [7, 11) is -3.63. The van der Waals surface area contributed by atoms with Gasteiger partial charge in [-0.1, -0.05) is 30.7 Å². The molecule has 0 spiro atoms. The van der Waals surface area contributed by atoms with Crippen LogP contribution in [0.5, 0.6) is 0 Å². The van der Waals surface area contributed by atoms with Gasteiger partial charge in [-0.3, -0.25) is 4.79 Å². The summed E-state index contributed by atoms with van der Waals surface area (Å²) in [6.07, 6.45) is 6.36. The van der Waals surface area contributed by atoms with E-state index in [4.69, 9.17) is 0 Å². The highest BCUT2D eigenvalue weighted by atomic mass is 32.2. The van der Waals surface area contributed by atoms with Crippen molar-refractivity contribution in [2.24, 2.45) is 0 Å². The number of benzene rings is 2. The van der Waals surface area contributed by atoms with Crippen LogP contribution in [0.4, 0.5) is 0 Å². The van der Waals surface area contributed by atoms with Crippen molar-refractivity contribution in [2.75, 3.05) is 13.1 Å². The van der Waals surface area contributed by atoms with Crippen molar-refractivity contribution in [3.8, 4) is 5.69 Å². The summed E-state index contributed by atoms with van der Waals surface area (Å²) in [6.45, 7) is 6.79. The van der Waals surface area contributed by atoms with Crippen LogP contribution in [0.1, 0.15) is 59.8 Å². The number of nitrogens with one attached hydrogen (secondary N) is 1. The molecule has 1 unspecified atom stereocenters. The fraction of sp³-hybridized carbons (Fsp3) is 0.407. The number of rotatable bonds is 8. The van der Waals surface area contributed by atoms with Crippen LogP contribution < -0.4 is 5.32 Å². The van der Waals surface area contributed by atoms with Gasteiger partial charge in [0.1, 0.15) is 0 Å². The van der Waals surface area contributed by atoms with Crippen LogP contribution in [0.3, 0.4) is 0 Å². The van der Waals surface area contributed by atoms with E-state index in [-0.39, 0.29) is 16.8 Å². The Morgan fingerprint density at radius 1 is 1.11 bits per heavy atom. The van der Waals surface area contributed by atoms with E-state index in [9.17, 15) is 13.2 Å². The number of carbonyl (C=O) groups is 1. The number of hydrogen-bond donors (Lipinski definition) is 1. The van der Waals surface area contributed by atoms with E-state index in [0.717, 1.165) is 54.6 Å². The largest absolute Gasteiger partial charge is 0.352 e. The maximum absolute atomic E-state index is 13.2. The molecule has 0 bridgehead atoms. The first-order chi connectivity index (χ1) is 16.8. The molecule has 1 saturated heterocycles. The smallest absolute Gasteiger partial charge is 0.251 e. The Hall–Kier alpha value is -2.97. The highest BCUT2D eigenvalue weighted by Crippen LogP contribution is 2.26. The normalized spacial score (nSPS) is 16.8. The number of hydrogen-bond acceptors (Lipinski definition) is 4. The Kier molecular flexibility index (Phi) is 7.72. The number of amides is 1. The van der Waals surface area contributed by atoms with Gasteiger partial charge in [-0.15, -0.1) is 0 Å². The van der Waals surface area contributed by atoms with Gasteiger partial charge < -0.3 is 5.32 Å². The van der Waals surface area contributed by atoms with Crippen molar-refractivity contribution in [3.05, 3.63) is 77.1 Å². The molecule has 1 aliphatic heterocycles. The van der Waals surface area contributed by atoms with Crippen molar-refractivity contribution in [1.29, 1.82) is 0 Å². The zero-order valence-corrected chi connectivity index (χ0v) is 21.5. The van der Waals surface area contributed by atoms with Crippen LogP contribution >= 0.6 is 0 Å². The number of aryl methyl sites for hydroxylation is 3. The predicted molar refractivity (Wildman–Crippen MR) is 137 cm³/mol. The second kappa shape index (κ2) is 10.7. The van der Waals surface area contributed by atoms with E-state index < -0.39 is 10.0 Å². The maximum Gasteiger partial charge on any atom is 0.251 e. The molecule has 2 aromatic carbocycles. The topological polar surface area (TPSA) is 84.3 Å². The van der Waals surface area contributed by atoms with E-state index >= 15 is 0 Å². The molecule has 1 fully saturated rings. The Morgan fingerprint density at radius 2 is 1.89 bits per heavy atom. The summed E-state index contributed by atoms with van der Waals surface area (Å²) in [6, 6.07) is 14.8. The van der Waals surface area contributed by atoms with Crippen molar-refractivity contribution < 1.29 is 13.2 Å². The van der Waals surface area contributed by atoms with Crippen LogP contribution in [0.25, 0.3) is 5.69 Å². The molecule has 1 N–H and O–H groups in total. The molecule has 0 saturated carbocycles. The summed E-state index contributed by atoms with van der Waals surface area (Å²) >= 11 is 0.